The molecule has 0 aliphatic carbocycles. The summed E-state index contributed by atoms with van der Waals surface area (Å²) < 4.78 is 0. The Kier molecular flexibility index (Phi) is 3.38. The zero-order chi connectivity index (χ0) is 12.4. The molecule has 0 saturated heterocycles. The SMILES string of the molecule is Cc1cccnc1CC(=O)c1cc(C)c(C)s1. The maximum atomic E-state index is 12.1. The second kappa shape index (κ2) is 4.80. The van der Waals surface area contributed by atoms with Gasteiger partial charge in [0, 0.05) is 11.1 Å². The molecule has 2 nitrogen and oxygen atoms in total. The van der Waals surface area contributed by atoms with Gasteiger partial charge in [-0.1, -0.05) is 6.07 Å². The van der Waals surface area contributed by atoms with E-state index in [9.17, 15) is 4.79 Å². The standard InChI is InChI=1S/C14H15NOS/c1-9-5-4-6-15-12(9)8-13(16)14-7-10(2)11(3)17-14/h4-7H,8H2,1-3H3. The summed E-state index contributed by atoms with van der Waals surface area (Å²) in [6, 6.07) is 5.85. The number of rotatable bonds is 3. The summed E-state index contributed by atoms with van der Waals surface area (Å²) in [5.74, 6) is 0.160. The Balaban J connectivity index is 2.20. The van der Waals surface area contributed by atoms with Crippen molar-refractivity contribution in [3.05, 3.63) is 51.0 Å². The van der Waals surface area contributed by atoms with E-state index >= 15 is 0 Å². The molecule has 0 N–H and O–H groups in total. The molecule has 17 heavy (non-hydrogen) atoms. The Bertz CT molecular complexity index is 538. The van der Waals surface area contributed by atoms with Crippen LogP contribution in [0, 0.1) is 20.8 Å². The molecule has 0 aliphatic heterocycles. The number of carbonyl (C=O) groups excluding carboxylic acids is 1. The van der Waals surface area contributed by atoms with Crippen LogP contribution in [0.4, 0.5) is 0 Å². The van der Waals surface area contributed by atoms with Crippen molar-refractivity contribution in [2.24, 2.45) is 0 Å². The monoisotopic (exact) mass is 245 g/mol. The summed E-state index contributed by atoms with van der Waals surface area (Å²) in [4.78, 5) is 18.4. The summed E-state index contributed by atoms with van der Waals surface area (Å²) in [6.07, 6.45) is 2.13. The van der Waals surface area contributed by atoms with Crippen LogP contribution >= 0.6 is 11.3 Å². The summed E-state index contributed by atoms with van der Waals surface area (Å²) in [6.45, 7) is 6.07. The van der Waals surface area contributed by atoms with E-state index in [-0.39, 0.29) is 5.78 Å². The van der Waals surface area contributed by atoms with E-state index < -0.39 is 0 Å². The molecule has 0 atom stereocenters. The second-order valence-corrected chi connectivity index (χ2v) is 5.47. The van der Waals surface area contributed by atoms with Gasteiger partial charge in [0.15, 0.2) is 5.78 Å². The van der Waals surface area contributed by atoms with Crippen LogP contribution < -0.4 is 0 Å². The lowest BCUT2D eigenvalue weighted by Gasteiger charge is -2.01. The zero-order valence-corrected chi connectivity index (χ0v) is 11.1. The van der Waals surface area contributed by atoms with Gasteiger partial charge in [0.1, 0.15) is 0 Å². The summed E-state index contributed by atoms with van der Waals surface area (Å²) >= 11 is 1.57. The topological polar surface area (TPSA) is 30.0 Å². The van der Waals surface area contributed by atoms with Crippen LogP contribution in [0.3, 0.4) is 0 Å². The maximum absolute atomic E-state index is 12.1. The van der Waals surface area contributed by atoms with Crippen LogP contribution in [-0.4, -0.2) is 10.8 Å². The van der Waals surface area contributed by atoms with Crippen molar-refractivity contribution in [2.75, 3.05) is 0 Å². The number of hydrogen-bond donors (Lipinski definition) is 0. The molecule has 2 aromatic rings. The van der Waals surface area contributed by atoms with Crippen LogP contribution in [0.2, 0.25) is 0 Å². The highest BCUT2D eigenvalue weighted by Crippen LogP contribution is 2.22. The first-order valence-electron chi connectivity index (χ1n) is 5.58. The molecule has 0 fully saturated rings. The molecule has 2 heterocycles. The number of aromatic nitrogens is 1. The molecular formula is C14H15NOS. The molecule has 0 saturated carbocycles. The second-order valence-electron chi connectivity index (χ2n) is 4.22. The van der Waals surface area contributed by atoms with E-state index in [1.807, 2.05) is 39.0 Å². The molecule has 0 bridgehead atoms. The Morgan fingerprint density at radius 3 is 2.65 bits per heavy atom. The highest BCUT2D eigenvalue weighted by Gasteiger charge is 2.12. The van der Waals surface area contributed by atoms with Gasteiger partial charge in [-0.15, -0.1) is 11.3 Å². The smallest absolute Gasteiger partial charge is 0.178 e. The normalized spacial score (nSPS) is 10.5. The van der Waals surface area contributed by atoms with Crippen LogP contribution in [0.25, 0.3) is 0 Å². The minimum Gasteiger partial charge on any atom is -0.293 e. The predicted molar refractivity (Wildman–Crippen MR) is 70.8 cm³/mol. The fourth-order valence-corrected chi connectivity index (χ4v) is 2.62. The number of ketones is 1. The molecular weight excluding hydrogens is 230 g/mol. The number of nitrogens with zero attached hydrogens (tertiary/aromatic N) is 1. The van der Waals surface area contributed by atoms with Gasteiger partial charge in [0.2, 0.25) is 0 Å². The van der Waals surface area contributed by atoms with Gasteiger partial charge < -0.3 is 0 Å². The van der Waals surface area contributed by atoms with Gasteiger partial charge in [0.05, 0.1) is 17.0 Å². The number of carbonyl (C=O) groups is 1. The van der Waals surface area contributed by atoms with E-state index in [0.717, 1.165) is 16.1 Å². The third-order valence-corrected chi connectivity index (χ3v) is 4.08. The van der Waals surface area contributed by atoms with E-state index in [2.05, 4.69) is 4.98 Å². The fourth-order valence-electron chi connectivity index (χ4n) is 1.65. The molecule has 0 aliphatic rings. The molecule has 3 heteroatoms. The summed E-state index contributed by atoms with van der Waals surface area (Å²) in [7, 11) is 0. The minimum absolute atomic E-state index is 0.160. The Hall–Kier alpha value is -1.48. The fraction of sp³-hybridized carbons (Fsp3) is 0.286. The van der Waals surface area contributed by atoms with Crippen molar-refractivity contribution in [2.45, 2.75) is 27.2 Å². The Morgan fingerprint density at radius 2 is 2.06 bits per heavy atom. The first-order chi connectivity index (χ1) is 8.08. The van der Waals surface area contributed by atoms with E-state index in [0.29, 0.717) is 6.42 Å². The highest BCUT2D eigenvalue weighted by atomic mass is 32.1. The molecule has 2 rings (SSSR count). The lowest BCUT2D eigenvalue weighted by Crippen LogP contribution is -2.04. The van der Waals surface area contributed by atoms with Gasteiger partial charge in [-0.3, -0.25) is 9.78 Å². The molecule has 0 radical (unpaired) electrons. The van der Waals surface area contributed by atoms with E-state index in [4.69, 9.17) is 0 Å². The van der Waals surface area contributed by atoms with Gasteiger partial charge in [-0.25, -0.2) is 0 Å². The van der Waals surface area contributed by atoms with E-state index in [1.165, 1.54) is 10.4 Å². The lowest BCUT2D eigenvalue weighted by molar-refractivity contribution is 0.0995. The first kappa shape index (κ1) is 12.0. The highest BCUT2D eigenvalue weighted by molar-refractivity contribution is 7.14. The van der Waals surface area contributed by atoms with Crippen LogP contribution in [-0.2, 0) is 6.42 Å². The van der Waals surface area contributed by atoms with Gasteiger partial charge in [0.25, 0.3) is 0 Å². The number of aryl methyl sites for hydroxylation is 3. The van der Waals surface area contributed by atoms with Gasteiger partial charge in [-0.05, 0) is 44.0 Å². The zero-order valence-electron chi connectivity index (χ0n) is 10.3. The molecule has 0 spiro atoms. The molecule has 0 aromatic carbocycles. The minimum atomic E-state index is 0.160. The van der Waals surface area contributed by atoms with Crippen molar-refractivity contribution >= 4 is 17.1 Å². The van der Waals surface area contributed by atoms with Gasteiger partial charge >= 0.3 is 0 Å². The molecule has 0 amide bonds. The van der Waals surface area contributed by atoms with E-state index in [1.54, 1.807) is 17.5 Å². The average molecular weight is 245 g/mol. The third-order valence-electron chi connectivity index (χ3n) is 2.89. The van der Waals surface area contributed by atoms with Crippen molar-refractivity contribution in [3.8, 4) is 0 Å². The maximum Gasteiger partial charge on any atom is 0.178 e. The summed E-state index contributed by atoms with van der Waals surface area (Å²) in [5.41, 5.74) is 3.14. The predicted octanol–water partition coefficient (Wildman–Crippen LogP) is 3.49. The third kappa shape index (κ3) is 2.61. The van der Waals surface area contributed by atoms with Crippen LogP contribution in [0.1, 0.15) is 31.4 Å². The number of pyridine rings is 1. The number of thiophene rings is 1. The average Bonchev–Trinajstić information content (AvgIpc) is 2.63. The van der Waals surface area contributed by atoms with Crippen LogP contribution in [0.15, 0.2) is 24.4 Å². The largest absolute Gasteiger partial charge is 0.293 e. The number of Topliss-reactive ketones (excluding diaryl/α,β-unsaturated/α-hetero) is 1. The van der Waals surface area contributed by atoms with Crippen molar-refractivity contribution in [1.82, 2.24) is 4.98 Å². The molecule has 2 aromatic heterocycles. The molecule has 88 valence electrons. The lowest BCUT2D eigenvalue weighted by atomic mass is 10.1. The first-order valence-corrected chi connectivity index (χ1v) is 6.40. The molecule has 0 unspecified atom stereocenters. The number of hydrogen-bond acceptors (Lipinski definition) is 3. The quantitative estimate of drug-likeness (QED) is 0.775. The van der Waals surface area contributed by atoms with Crippen molar-refractivity contribution in [3.63, 3.8) is 0 Å². The van der Waals surface area contributed by atoms with Crippen molar-refractivity contribution < 1.29 is 4.79 Å². The Labute approximate surface area is 105 Å². The van der Waals surface area contributed by atoms with Gasteiger partial charge in [-0.2, -0.15) is 0 Å². The summed E-state index contributed by atoms with van der Waals surface area (Å²) in [5, 5.41) is 0. The van der Waals surface area contributed by atoms with Crippen molar-refractivity contribution in [1.29, 1.82) is 0 Å². The van der Waals surface area contributed by atoms with Crippen LogP contribution in [0.5, 0.6) is 0 Å². The Morgan fingerprint density at radius 1 is 1.29 bits per heavy atom.